The van der Waals surface area contributed by atoms with E-state index in [1.807, 2.05) is 0 Å². The summed E-state index contributed by atoms with van der Waals surface area (Å²) < 4.78 is 5.46. The predicted molar refractivity (Wildman–Crippen MR) is 56.8 cm³/mol. The van der Waals surface area contributed by atoms with E-state index in [0.717, 1.165) is 25.0 Å². The Hall–Kier alpha value is -0.0400. The molecule has 0 bridgehead atoms. The summed E-state index contributed by atoms with van der Waals surface area (Å²) in [5.41, 5.74) is 0.576. The van der Waals surface area contributed by atoms with Crippen LogP contribution >= 0.6 is 0 Å². The zero-order valence-corrected chi connectivity index (χ0v) is 9.60. The van der Waals surface area contributed by atoms with Crippen LogP contribution in [-0.2, 0) is 4.74 Å². The fourth-order valence-electron chi connectivity index (χ4n) is 2.61. The monoisotopic (exact) mass is 184 g/mol. The first kappa shape index (κ1) is 11.0. The molecule has 78 valence electrons. The molecule has 0 aromatic carbocycles. The number of rotatable bonds is 3. The molecule has 0 radical (unpaired) electrons. The molecule has 0 aromatic heterocycles. The number of ether oxygens (including phenoxy) is 1. The highest BCUT2D eigenvalue weighted by atomic mass is 16.5. The van der Waals surface area contributed by atoms with Gasteiger partial charge in [-0.15, -0.1) is 0 Å². The van der Waals surface area contributed by atoms with Crippen molar-refractivity contribution in [3.63, 3.8) is 0 Å². The van der Waals surface area contributed by atoms with Gasteiger partial charge in [-0.1, -0.05) is 27.7 Å². The van der Waals surface area contributed by atoms with E-state index in [2.05, 4.69) is 27.7 Å². The van der Waals surface area contributed by atoms with Gasteiger partial charge in [0.1, 0.15) is 0 Å². The standard InChI is InChI=1S/C12H24O/c1-10(2)9-12(11(3)4)5-7-13-8-6-12/h10-11H,5-9H2,1-4H3. The molecule has 1 heteroatoms. The van der Waals surface area contributed by atoms with Gasteiger partial charge in [-0.2, -0.15) is 0 Å². The van der Waals surface area contributed by atoms with Crippen molar-refractivity contribution < 1.29 is 4.74 Å². The van der Waals surface area contributed by atoms with Gasteiger partial charge in [0.25, 0.3) is 0 Å². The predicted octanol–water partition coefficient (Wildman–Crippen LogP) is 3.49. The number of hydrogen-bond donors (Lipinski definition) is 0. The van der Waals surface area contributed by atoms with E-state index in [1.165, 1.54) is 19.3 Å². The molecule has 0 amide bonds. The van der Waals surface area contributed by atoms with Gasteiger partial charge in [0.15, 0.2) is 0 Å². The van der Waals surface area contributed by atoms with Crippen LogP contribution in [-0.4, -0.2) is 13.2 Å². The molecule has 0 unspecified atom stereocenters. The highest BCUT2D eigenvalue weighted by molar-refractivity contribution is 4.85. The Balaban J connectivity index is 2.61. The second kappa shape index (κ2) is 4.45. The van der Waals surface area contributed by atoms with Crippen LogP contribution in [0.4, 0.5) is 0 Å². The molecule has 1 saturated heterocycles. The maximum atomic E-state index is 5.46. The van der Waals surface area contributed by atoms with Crippen molar-refractivity contribution in [1.82, 2.24) is 0 Å². The summed E-state index contributed by atoms with van der Waals surface area (Å²) in [7, 11) is 0. The van der Waals surface area contributed by atoms with Gasteiger partial charge in [-0.05, 0) is 36.5 Å². The molecule has 0 spiro atoms. The zero-order chi connectivity index (χ0) is 9.90. The first-order chi connectivity index (χ1) is 6.07. The molecule has 13 heavy (non-hydrogen) atoms. The Kier molecular flexibility index (Phi) is 3.78. The summed E-state index contributed by atoms with van der Waals surface area (Å²) in [6, 6.07) is 0. The largest absolute Gasteiger partial charge is 0.381 e. The van der Waals surface area contributed by atoms with Gasteiger partial charge in [-0.25, -0.2) is 0 Å². The van der Waals surface area contributed by atoms with E-state index >= 15 is 0 Å². The average molecular weight is 184 g/mol. The van der Waals surface area contributed by atoms with Crippen molar-refractivity contribution in [3.05, 3.63) is 0 Å². The molecular formula is C12H24O. The fourth-order valence-corrected chi connectivity index (χ4v) is 2.61. The minimum atomic E-state index is 0.576. The summed E-state index contributed by atoms with van der Waals surface area (Å²) in [4.78, 5) is 0. The molecular weight excluding hydrogens is 160 g/mol. The first-order valence-corrected chi connectivity index (χ1v) is 5.64. The average Bonchev–Trinajstić information content (AvgIpc) is 2.04. The summed E-state index contributed by atoms with van der Waals surface area (Å²) in [5, 5.41) is 0. The summed E-state index contributed by atoms with van der Waals surface area (Å²) in [5.74, 6) is 1.62. The van der Waals surface area contributed by atoms with Gasteiger partial charge in [0, 0.05) is 13.2 Å². The Morgan fingerprint density at radius 3 is 2.00 bits per heavy atom. The lowest BCUT2D eigenvalue weighted by Crippen LogP contribution is -2.35. The molecule has 0 saturated carbocycles. The van der Waals surface area contributed by atoms with Crippen LogP contribution in [0.3, 0.4) is 0 Å². The van der Waals surface area contributed by atoms with Crippen molar-refractivity contribution in [1.29, 1.82) is 0 Å². The third kappa shape index (κ3) is 2.70. The smallest absolute Gasteiger partial charge is 0.0471 e. The van der Waals surface area contributed by atoms with E-state index in [9.17, 15) is 0 Å². The quantitative estimate of drug-likeness (QED) is 0.652. The Morgan fingerprint density at radius 2 is 1.62 bits per heavy atom. The van der Waals surface area contributed by atoms with E-state index in [1.54, 1.807) is 0 Å². The van der Waals surface area contributed by atoms with Gasteiger partial charge < -0.3 is 4.74 Å². The summed E-state index contributed by atoms with van der Waals surface area (Å²) in [6.07, 6.45) is 3.90. The van der Waals surface area contributed by atoms with Gasteiger partial charge in [-0.3, -0.25) is 0 Å². The molecule has 1 nitrogen and oxygen atoms in total. The van der Waals surface area contributed by atoms with E-state index in [0.29, 0.717) is 5.41 Å². The highest BCUT2D eigenvalue weighted by Gasteiger charge is 2.35. The van der Waals surface area contributed by atoms with Crippen LogP contribution in [0.5, 0.6) is 0 Å². The molecule has 1 aliphatic heterocycles. The number of hydrogen-bond acceptors (Lipinski definition) is 1. The van der Waals surface area contributed by atoms with Crippen molar-refractivity contribution >= 4 is 0 Å². The Morgan fingerprint density at radius 1 is 1.08 bits per heavy atom. The lowest BCUT2D eigenvalue weighted by molar-refractivity contribution is -0.0220. The molecule has 1 heterocycles. The minimum absolute atomic E-state index is 0.576. The van der Waals surface area contributed by atoms with E-state index in [-0.39, 0.29) is 0 Å². The molecule has 1 fully saturated rings. The first-order valence-electron chi connectivity index (χ1n) is 5.64. The van der Waals surface area contributed by atoms with E-state index < -0.39 is 0 Å². The van der Waals surface area contributed by atoms with Crippen LogP contribution in [0.25, 0.3) is 0 Å². The Labute approximate surface area is 82.9 Å². The SMILES string of the molecule is CC(C)CC1(C(C)C)CCOCC1. The van der Waals surface area contributed by atoms with Crippen molar-refractivity contribution in [2.24, 2.45) is 17.3 Å². The molecule has 0 aromatic rings. The Bertz CT molecular complexity index is 143. The maximum absolute atomic E-state index is 5.46. The minimum Gasteiger partial charge on any atom is -0.381 e. The van der Waals surface area contributed by atoms with Gasteiger partial charge in [0.05, 0.1) is 0 Å². The van der Waals surface area contributed by atoms with E-state index in [4.69, 9.17) is 4.74 Å². The normalized spacial score (nSPS) is 22.6. The van der Waals surface area contributed by atoms with Crippen LogP contribution in [0.2, 0.25) is 0 Å². The van der Waals surface area contributed by atoms with Crippen LogP contribution in [0.1, 0.15) is 47.0 Å². The second-order valence-corrected chi connectivity index (χ2v) is 5.23. The lowest BCUT2D eigenvalue weighted by Gasteiger charge is -2.42. The maximum Gasteiger partial charge on any atom is 0.0471 e. The van der Waals surface area contributed by atoms with Gasteiger partial charge >= 0.3 is 0 Å². The van der Waals surface area contributed by atoms with Crippen molar-refractivity contribution in [2.45, 2.75) is 47.0 Å². The van der Waals surface area contributed by atoms with Gasteiger partial charge in [0.2, 0.25) is 0 Å². The van der Waals surface area contributed by atoms with Crippen LogP contribution in [0, 0.1) is 17.3 Å². The summed E-state index contributed by atoms with van der Waals surface area (Å²) in [6.45, 7) is 11.4. The zero-order valence-electron chi connectivity index (χ0n) is 9.60. The summed E-state index contributed by atoms with van der Waals surface area (Å²) >= 11 is 0. The highest BCUT2D eigenvalue weighted by Crippen LogP contribution is 2.43. The molecule has 0 aliphatic carbocycles. The van der Waals surface area contributed by atoms with Crippen LogP contribution < -0.4 is 0 Å². The molecule has 1 rings (SSSR count). The second-order valence-electron chi connectivity index (χ2n) is 5.23. The molecule has 0 atom stereocenters. The van der Waals surface area contributed by atoms with Crippen LogP contribution in [0.15, 0.2) is 0 Å². The third-order valence-electron chi connectivity index (χ3n) is 3.53. The lowest BCUT2D eigenvalue weighted by atomic mass is 9.67. The fraction of sp³-hybridized carbons (Fsp3) is 1.00. The third-order valence-corrected chi connectivity index (χ3v) is 3.53. The molecule has 1 aliphatic rings. The topological polar surface area (TPSA) is 9.23 Å². The molecule has 0 N–H and O–H groups in total. The van der Waals surface area contributed by atoms with Crippen molar-refractivity contribution in [3.8, 4) is 0 Å². The van der Waals surface area contributed by atoms with Crippen molar-refractivity contribution in [2.75, 3.05) is 13.2 Å².